The van der Waals surface area contributed by atoms with E-state index in [0.717, 1.165) is 10.3 Å². The molecule has 1 aromatic carbocycles. The van der Waals surface area contributed by atoms with Crippen molar-refractivity contribution in [3.8, 4) is 10.8 Å². The molecule has 3 aromatic heterocycles. The van der Waals surface area contributed by atoms with Crippen LogP contribution in [0.2, 0.25) is 0 Å². The smallest absolute Gasteiger partial charge is 0.291 e. The van der Waals surface area contributed by atoms with Crippen LogP contribution in [0.5, 0.6) is 0 Å². The predicted octanol–water partition coefficient (Wildman–Crippen LogP) is 4.11. The molecule has 23 heavy (non-hydrogen) atoms. The summed E-state index contributed by atoms with van der Waals surface area (Å²) in [5.41, 5.74) is 1.29. The summed E-state index contributed by atoms with van der Waals surface area (Å²) in [5.74, 6) is 0.863. The first-order valence-corrected chi connectivity index (χ1v) is 7.77. The number of hydrogen-bond acceptors (Lipinski definition) is 6. The first-order valence-electron chi connectivity index (χ1n) is 6.89. The lowest BCUT2D eigenvalue weighted by Gasteiger charge is -2.01. The number of anilines is 1. The Morgan fingerprint density at radius 1 is 1.26 bits per heavy atom. The number of fused-ring (bicyclic) bond motifs is 1. The Kier molecular flexibility index (Phi) is 3.20. The van der Waals surface area contributed by atoms with Crippen molar-refractivity contribution in [1.29, 1.82) is 0 Å². The summed E-state index contributed by atoms with van der Waals surface area (Å²) in [6.45, 7) is 1.74. The van der Waals surface area contributed by atoms with Crippen LogP contribution in [0.15, 0.2) is 50.7 Å². The zero-order chi connectivity index (χ0) is 15.8. The van der Waals surface area contributed by atoms with Gasteiger partial charge in [0.1, 0.15) is 10.5 Å². The van der Waals surface area contributed by atoms with Gasteiger partial charge in [0.25, 0.3) is 11.8 Å². The number of rotatable bonds is 3. The molecule has 0 radical (unpaired) electrons. The molecule has 0 saturated heterocycles. The molecule has 0 fully saturated rings. The molecule has 1 N–H and O–H groups in total. The Morgan fingerprint density at radius 3 is 2.91 bits per heavy atom. The molecule has 4 aromatic rings. The zero-order valence-electron chi connectivity index (χ0n) is 12.1. The fraction of sp³-hybridized carbons (Fsp3) is 0.0625. The summed E-state index contributed by atoms with van der Waals surface area (Å²) in [7, 11) is 0. The summed E-state index contributed by atoms with van der Waals surface area (Å²) in [5, 5.41) is 9.33. The van der Waals surface area contributed by atoms with Crippen molar-refractivity contribution < 1.29 is 13.7 Å². The highest BCUT2D eigenvalue weighted by Gasteiger charge is 2.18. The van der Waals surface area contributed by atoms with Gasteiger partial charge >= 0.3 is 0 Å². The van der Waals surface area contributed by atoms with Gasteiger partial charge in [-0.2, -0.15) is 4.98 Å². The number of benzene rings is 1. The largest absolute Gasteiger partial charge is 0.451 e. The van der Waals surface area contributed by atoms with E-state index in [1.165, 1.54) is 11.3 Å². The molecule has 0 atom stereocenters. The third kappa shape index (κ3) is 2.51. The topological polar surface area (TPSA) is 81.2 Å². The van der Waals surface area contributed by atoms with E-state index in [0.29, 0.717) is 23.0 Å². The van der Waals surface area contributed by atoms with Gasteiger partial charge in [0.15, 0.2) is 11.6 Å². The molecule has 3 heterocycles. The lowest BCUT2D eigenvalue weighted by molar-refractivity contribution is 0.0999. The van der Waals surface area contributed by atoms with E-state index in [1.807, 2.05) is 29.6 Å². The maximum Gasteiger partial charge on any atom is 0.291 e. The van der Waals surface area contributed by atoms with Crippen molar-refractivity contribution in [3.63, 3.8) is 0 Å². The molecule has 0 spiro atoms. The number of thiophene rings is 1. The number of hydrogen-bond donors (Lipinski definition) is 1. The molecule has 0 aliphatic carbocycles. The highest BCUT2D eigenvalue weighted by atomic mass is 32.1. The fourth-order valence-electron chi connectivity index (χ4n) is 2.24. The third-order valence-electron chi connectivity index (χ3n) is 3.28. The Balaban J connectivity index is 1.63. The molecule has 0 saturated carbocycles. The third-order valence-corrected chi connectivity index (χ3v) is 4.19. The average molecular weight is 325 g/mol. The molecular weight excluding hydrogens is 314 g/mol. The highest BCUT2D eigenvalue weighted by molar-refractivity contribution is 7.14. The number of carbonyl (C=O) groups excluding carboxylic acids is 1. The van der Waals surface area contributed by atoms with Gasteiger partial charge in [-0.3, -0.25) is 4.79 Å². The van der Waals surface area contributed by atoms with Gasteiger partial charge in [-0.05, 0) is 30.5 Å². The normalized spacial score (nSPS) is 11.0. The van der Waals surface area contributed by atoms with Crippen LogP contribution in [0, 0.1) is 6.92 Å². The second-order valence-electron chi connectivity index (χ2n) is 4.91. The van der Waals surface area contributed by atoms with Gasteiger partial charge in [-0.25, -0.2) is 0 Å². The van der Waals surface area contributed by atoms with Crippen LogP contribution < -0.4 is 5.32 Å². The van der Waals surface area contributed by atoms with E-state index >= 15 is 0 Å². The number of carbonyl (C=O) groups is 1. The quantitative estimate of drug-likeness (QED) is 0.613. The number of nitrogens with one attached hydrogen (secondary N) is 1. The second-order valence-corrected chi connectivity index (χ2v) is 5.83. The second kappa shape index (κ2) is 5.36. The van der Waals surface area contributed by atoms with Crippen LogP contribution in [0.4, 0.5) is 5.69 Å². The molecule has 0 unspecified atom stereocenters. The highest BCUT2D eigenvalue weighted by Crippen LogP contribution is 2.33. The van der Waals surface area contributed by atoms with E-state index in [1.54, 1.807) is 19.1 Å². The van der Waals surface area contributed by atoms with E-state index in [4.69, 9.17) is 8.94 Å². The lowest BCUT2D eigenvalue weighted by Crippen LogP contribution is -2.10. The van der Waals surface area contributed by atoms with Crippen molar-refractivity contribution in [2.75, 3.05) is 5.32 Å². The van der Waals surface area contributed by atoms with Crippen LogP contribution in [-0.4, -0.2) is 16.0 Å². The number of furan rings is 1. The molecular formula is C16H11N3O3S. The van der Waals surface area contributed by atoms with Gasteiger partial charge < -0.3 is 14.3 Å². The summed E-state index contributed by atoms with van der Waals surface area (Å²) in [4.78, 5) is 17.3. The van der Waals surface area contributed by atoms with Crippen LogP contribution in [0.25, 0.3) is 21.7 Å². The van der Waals surface area contributed by atoms with Gasteiger partial charge in [0, 0.05) is 5.39 Å². The number of para-hydroxylation sites is 1. The number of aryl methyl sites for hydroxylation is 1. The molecule has 114 valence electrons. The van der Waals surface area contributed by atoms with E-state index in [9.17, 15) is 4.79 Å². The average Bonchev–Trinajstić information content (AvgIpc) is 3.25. The van der Waals surface area contributed by atoms with Crippen molar-refractivity contribution in [2.45, 2.75) is 6.92 Å². The van der Waals surface area contributed by atoms with Crippen molar-refractivity contribution >= 4 is 33.9 Å². The minimum atomic E-state index is -0.322. The van der Waals surface area contributed by atoms with Gasteiger partial charge in [0.05, 0.1) is 5.69 Å². The minimum absolute atomic E-state index is 0.255. The maximum absolute atomic E-state index is 12.4. The molecule has 7 heteroatoms. The zero-order valence-corrected chi connectivity index (χ0v) is 12.9. The van der Waals surface area contributed by atoms with Crippen LogP contribution in [0.3, 0.4) is 0 Å². The maximum atomic E-state index is 12.4. The van der Waals surface area contributed by atoms with Crippen molar-refractivity contribution in [1.82, 2.24) is 10.1 Å². The summed E-state index contributed by atoms with van der Waals surface area (Å²) in [6.07, 6.45) is 0. The Bertz CT molecular complexity index is 966. The van der Waals surface area contributed by atoms with Crippen LogP contribution >= 0.6 is 11.3 Å². The van der Waals surface area contributed by atoms with Crippen molar-refractivity contribution in [2.24, 2.45) is 0 Å². The van der Waals surface area contributed by atoms with E-state index < -0.39 is 0 Å². The molecule has 0 bridgehead atoms. The van der Waals surface area contributed by atoms with E-state index in [2.05, 4.69) is 15.5 Å². The summed E-state index contributed by atoms with van der Waals surface area (Å²) < 4.78 is 10.7. The Morgan fingerprint density at radius 2 is 2.13 bits per heavy atom. The van der Waals surface area contributed by atoms with Crippen LogP contribution in [0.1, 0.15) is 16.4 Å². The SMILES string of the molecule is Cc1noc(-c2sccc2NC(=O)c2cc3ccccc3o2)n1. The number of nitrogens with zero attached hydrogens (tertiary/aromatic N) is 2. The Hall–Kier alpha value is -2.93. The number of amides is 1. The molecule has 1 amide bonds. The van der Waals surface area contributed by atoms with Gasteiger partial charge in [0.2, 0.25) is 0 Å². The fourth-order valence-corrected chi connectivity index (χ4v) is 3.01. The van der Waals surface area contributed by atoms with Crippen LogP contribution in [-0.2, 0) is 0 Å². The minimum Gasteiger partial charge on any atom is -0.451 e. The lowest BCUT2D eigenvalue weighted by atomic mass is 10.2. The monoisotopic (exact) mass is 325 g/mol. The Labute approximate surface area is 134 Å². The van der Waals surface area contributed by atoms with E-state index in [-0.39, 0.29) is 11.7 Å². The first-order chi connectivity index (χ1) is 11.2. The molecule has 0 aliphatic heterocycles. The van der Waals surface area contributed by atoms with Crippen molar-refractivity contribution in [3.05, 3.63) is 53.4 Å². The summed E-state index contributed by atoms with van der Waals surface area (Å²) >= 11 is 1.42. The van der Waals surface area contributed by atoms with Gasteiger partial charge in [-0.15, -0.1) is 11.3 Å². The number of aromatic nitrogens is 2. The standard InChI is InChI=1S/C16H11N3O3S/c1-9-17-16(22-19-9)14-11(6-7-23-14)18-15(20)13-8-10-4-2-3-5-12(10)21-13/h2-8H,1H3,(H,18,20). The first kappa shape index (κ1) is 13.7. The molecule has 0 aliphatic rings. The summed E-state index contributed by atoms with van der Waals surface area (Å²) in [6, 6.07) is 11.0. The predicted molar refractivity (Wildman–Crippen MR) is 86.5 cm³/mol. The molecule has 4 rings (SSSR count). The molecule has 6 nitrogen and oxygen atoms in total. The van der Waals surface area contributed by atoms with Gasteiger partial charge in [-0.1, -0.05) is 23.4 Å².